The van der Waals surface area contributed by atoms with Gasteiger partial charge >= 0.3 is 17.9 Å². The minimum absolute atomic E-state index is 0.113. The highest BCUT2D eigenvalue weighted by molar-refractivity contribution is 7.99. The molecule has 0 spiro atoms. The maximum Gasteiger partial charge on any atom is 0.316 e. The van der Waals surface area contributed by atoms with E-state index in [1.54, 1.807) is 11.8 Å². The van der Waals surface area contributed by atoms with Gasteiger partial charge in [-0.15, -0.1) is 0 Å². The number of ether oxygens (including phenoxy) is 3. The Bertz CT molecular complexity index is 437. The van der Waals surface area contributed by atoms with Gasteiger partial charge in [-0.25, -0.2) is 0 Å². The van der Waals surface area contributed by atoms with Crippen LogP contribution in [0.3, 0.4) is 0 Å². The molecule has 0 unspecified atom stereocenters. The smallest absolute Gasteiger partial charge is 0.316 e. The first kappa shape index (κ1) is 28.8. The van der Waals surface area contributed by atoms with Crippen LogP contribution < -0.4 is 0 Å². The molecule has 0 aromatic rings. The number of carbonyl (C=O) groups excluding carboxylic acids is 3. The number of hydrogen-bond acceptors (Lipinski definition) is 7. The summed E-state index contributed by atoms with van der Waals surface area (Å²) in [7, 11) is 0. The zero-order chi connectivity index (χ0) is 22.5. The van der Waals surface area contributed by atoms with Gasteiger partial charge < -0.3 is 14.2 Å². The molecule has 0 rings (SSSR count). The number of carbonyl (C=O) groups is 3. The molecule has 0 fully saturated rings. The second-order valence-electron chi connectivity index (χ2n) is 7.66. The van der Waals surface area contributed by atoms with Gasteiger partial charge in [-0.2, -0.15) is 11.8 Å². The standard InChI is InChI=1S/C23H42O6S/c1-4-5-6-7-8-9-10-11-12-13-14-15-16-30-19-23(26)29-22(17-27-20(2)24)18-28-21(3)25/h22H,4-19H2,1-3H3. The summed E-state index contributed by atoms with van der Waals surface area (Å²) in [6.45, 7) is 4.57. The third-order valence-corrected chi connectivity index (χ3v) is 5.62. The Hall–Kier alpha value is -1.24. The third-order valence-electron chi connectivity index (χ3n) is 4.61. The fraction of sp³-hybridized carbons (Fsp3) is 0.870. The molecule has 7 heteroatoms. The van der Waals surface area contributed by atoms with Gasteiger partial charge in [0.05, 0.1) is 5.75 Å². The van der Waals surface area contributed by atoms with Crippen molar-refractivity contribution in [2.45, 2.75) is 104 Å². The highest BCUT2D eigenvalue weighted by Gasteiger charge is 2.17. The van der Waals surface area contributed by atoms with E-state index in [-0.39, 0.29) is 24.9 Å². The maximum atomic E-state index is 11.9. The molecular weight excluding hydrogens is 404 g/mol. The molecule has 0 heterocycles. The lowest BCUT2D eigenvalue weighted by molar-refractivity contribution is -0.163. The average Bonchev–Trinajstić information content (AvgIpc) is 2.70. The molecule has 176 valence electrons. The summed E-state index contributed by atoms with van der Waals surface area (Å²) >= 11 is 1.54. The molecule has 0 aliphatic rings. The molecule has 0 bridgehead atoms. The molecule has 0 saturated heterocycles. The minimum atomic E-state index is -0.766. The average molecular weight is 447 g/mol. The number of rotatable bonds is 20. The Morgan fingerprint density at radius 3 is 1.57 bits per heavy atom. The summed E-state index contributed by atoms with van der Waals surface area (Å²) in [6, 6.07) is 0. The summed E-state index contributed by atoms with van der Waals surface area (Å²) in [5, 5.41) is 0. The summed E-state index contributed by atoms with van der Waals surface area (Å²) in [5.74, 6) is -0.163. The lowest BCUT2D eigenvalue weighted by atomic mass is 10.1. The van der Waals surface area contributed by atoms with Gasteiger partial charge in [0.2, 0.25) is 0 Å². The second kappa shape index (κ2) is 21.0. The Balaban J connectivity index is 3.61. The Labute approximate surface area is 187 Å². The molecule has 0 amide bonds. The van der Waals surface area contributed by atoms with E-state index < -0.39 is 18.0 Å². The van der Waals surface area contributed by atoms with Crippen LogP contribution in [0.25, 0.3) is 0 Å². The van der Waals surface area contributed by atoms with Crippen LogP contribution in [0.4, 0.5) is 0 Å². The number of esters is 3. The predicted octanol–water partition coefficient (Wildman–Crippen LogP) is 5.46. The molecule has 0 N–H and O–H groups in total. The second-order valence-corrected chi connectivity index (χ2v) is 8.76. The first-order valence-electron chi connectivity index (χ1n) is 11.5. The van der Waals surface area contributed by atoms with E-state index >= 15 is 0 Å². The summed E-state index contributed by atoms with van der Waals surface area (Å²) in [4.78, 5) is 33.8. The van der Waals surface area contributed by atoms with E-state index in [2.05, 4.69) is 6.92 Å². The fourth-order valence-electron chi connectivity index (χ4n) is 2.96. The van der Waals surface area contributed by atoms with Crippen LogP contribution in [0.15, 0.2) is 0 Å². The lowest BCUT2D eigenvalue weighted by Gasteiger charge is -2.17. The van der Waals surface area contributed by atoms with E-state index in [1.165, 1.54) is 84.5 Å². The molecule has 6 nitrogen and oxygen atoms in total. The van der Waals surface area contributed by atoms with Gasteiger partial charge in [-0.1, -0.05) is 77.6 Å². The van der Waals surface area contributed by atoms with Gasteiger partial charge in [-0.05, 0) is 12.2 Å². The van der Waals surface area contributed by atoms with Crippen LogP contribution in [0, 0.1) is 0 Å². The quantitative estimate of drug-likeness (QED) is 0.140. The number of thioether (sulfide) groups is 1. The zero-order valence-electron chi connectivity index (χ0n) is 19.2. The molecule has 0 aliphatic heterocycles. The van der Waals surface area contributed by atoms with Gasteiger partial charge in [-0.3, -0.25) is 14.4 Å². The maximum absolute atomic E-state index is 11.9. The predicted molar refractivity (Wildman–Crippen MR) is 122 cm³/mol. The van der Waals surface area contributed by atoms with E-state index in [0.717, 1.165) is 12.2 Å². The van der Waals surface area contributed by atoms with Gasteiger partial charge in [0.15, 0.2) is 6.10 Å². The fourth-order valence-corrected chi connectivity index (χ4v) is 3.74. The van der Waals surface area contributed by atoms with E-state index in [4.69, 9.17) is 14.2 Å². The van der Waals surface area contributed by atoms with E-state index in [9.17, 15) is 14.4 Å². The molecule has 0 radical (unpaired) electrons. The third kappa shape index (κ3) is 21.5. The Kier molecular flexibility index (Phi) is 20.1. The number of hydrogen-bond donors (Lipinski definition) is 0. The first-order chi connectivity index (χ1) is 14.5. The minimum Gasteiger partial charge on any atom is -0.462 e. The lowest BCUT2D eigenvalue weighted by Crippen LogP contribution is -2.30. The van der Waals surface area contributed by atoms with Crippen molar-refractivity contribution in [1.29, 1.82) is 0 Å². The number of unbranched alkanes of at least 4 members (excludes halogenated alkanes) is 11. The Morgan fingerprint density at radius 1 is 0.700 bits per heavy atom. The normalized spacial score (nSPS) is 10.8. The molecule has 30 heavy (non-hydrogen) atoms. The van der Waals surface area contributed by atoms with Crippen LogP contribution in [-0.2, 0) is 28.6 Å². The Morgan fingerprint density at radius 2 is 1.13 bits per heavy atom. The van der Waals surface area contributed by atoms with Crippen molar-refractivity contribution in [2.24, 2.45) is 0 Å². The molecule has 0 aliphatic carbocycles. The highest BCUT2D eigenvalue weighted by Crippen LogP contribution is 2.13. The molecular formula is C23H42O6S. The van der Waals surface area contributed by atoms with Crippen LogP contribution in [0.2, 0.25) is 0 Å². The van der Waals surface area contributed by atoms with Gasteiger partial charge in [0.25, 0.3) is 0 Å². The molecule has 0 aromatic heterocycles. The van der Waals surface area contributed by atoms with Crippen molar-refractivity contribution in [1.82, 2.24) is 0 Å². The molecule has 0 atom stereocenters. The topological polar surface area (TPSA) is 78.9 Å². The van der Waals surface area contributed by atoms with Crippen LogP contribution >= 0.6 is 11.8 Å². The molecule has 0 aromatic carbocycles. The van der Waals surface area contributed by atoms with Crippen LogP contribution in [0.5, 0.6) is 0 Å². The molecule has 0 saturated carbocycles. The van der Waals surface area contributed by atoms with Crippen molar-refractivity contribution in [3.8, 4) is 0 Å². The summed E-state index contributed by atoms with van der Waals surface area (Å²) in [5.41, 5.74) is 0. The zero-order valence-corrected chi connectivity index (χ0v) is 20.1. The first-order valence-corrected chi connectivity index (χ1v) is 12.6. The highest BCUT2D eigenvalue weighted by atomic mass is 32.2. The van der Waals surface area contributed by atoms with Crippen LogP contribution in [0.1, 0.15) is 97.8 Å². The van der Waals surface area contributed by atoms with E-state index in [1.807, 2.05) is 0 Å². The van der Waals surface area contributed by atoms with Crippen LogP contribution in [-0.4, -0.2) is 48.7 Å². The van der Waals surface area contributed by atoms with Gasteiger partial charge in [0.1, 0.15) is 13.2 Å². The SMILES string of the molecule is CCCCCCCCCCCCCCSCC(=O)OC(COC(C)=O)COC(C)=O. The van der Waals surface area contributed by atoms with Gasteiger partial charge in [0, 0.05) is 13.8 Å². The van der Waals surface area contributed by atoms with Crippen molar-refractivity contribution >= 4 is 29.7 Å². The van der Waals surface area contributed by atoms with Crippen molar-refractivity contribution in [3.05, 3.63) is 0 Å². The summed E-state index contributed by atoms with van der Waals surface area (Å²) < 4.78 is 15.0. The largest absolute Gasteiger partial charge is 0.462 e. The van der Waals surface area contributed by atoms with Crippen molar-refractivity contribution in [2.75, 3.05) is 24.7 Å². The van der Waals surface area contributed by atoms with Crippen molar-refractivity contribution in [3.63, 3.8) is 0 Å². The summed E-state index contributed by atoms with van der Waals surface area (Å²) in [6.07, 6.45) is 15.0. The monoisotopic (exact) mass is 446 g/mol. The van der Waals surface area contributed by atoms with Crippen molar-refractivity contribution < 1.29 is 28.6 Å². The van der Waals surface area contributed by atoms with E-state index in [0.29, 0.717) is 0 Å².